The fourth-order valence-corrected chi connectivity index (χ4v) is 5.30. The van der Waals surface area contributed by atoms with Crippen LogP contribution in [0.2, 0.25) is 0 Å². The molecule has 0 bridgehead atoms. The van der Waals surface area contributed by atoms with Crippen molar-refractivity contribution in [3.05, 3.63) is 41.5 Å². The number of carbonyl (C=O) groups is 1. The molecule has 3 aromatic rings. The van der Waals surface area contributed by atoms with Crippen molar-refractivity contribution in [3.8, 4) is 0 Å². The Morgan fingerprint density at radius 3 is 2.57 bits per heavy atom. The van der Waals surface area contributed by atoms with Crippen LogP contribution in [0.15, 0.2) is 24.7 Å². The van der Waals surface area contributed by atoms with Crippen molar-refractivity contribution >= 4 is 17.2 Å². The van der Waals surface area contributed by atoms with Crippen LogP contribution in [0, 0.1) is 17.8 Å². The van der Waals surface area contributed by atoms with Crippen molar-refractivity contribution in [1.82, 2.24) is 24.4 Å². The van der Waals surface area contributed by atoms with E-state index >= 15 is 0 Å². The number of anilines is 1. The topological polar surface area (TPSA) is 68.3 Å². The van der Waals surface area contributed by atoms with Crippen molar-refractivity contribution < 1.29 is 13.6 Å². The predicted octanol–water partition coefficient (Wildman–Crippen LogP) is 5.52. The maximum absolute atomic E-state index is 13.9. The molecule has 0 saturated heterocycles. The number of fused-ring (bicyclic) bond motifs is 1. The summed E-state index contributed by atoms with van der Waals surface area (Å²) in [5.41, 5.74) is 0.793. The minimum Gasteiger partial charge on any atom is -0.359 e. The number of halogens is 2. The highest BCUT2D eigenvalue weighted by atomic mass is 19.3. The molecule has 7 nitrogen and oxygen atoms in total. The minimum atomic E-state index is -2.73. The maximum atomic E-state index is 13.9. The van der Waals surface area contributed by atoms with E-state index < -0.39 is 6.43 Å². The van der Waals surface area contributed by atoms with Gasteiger partial charge in [-0.15, -0.1) is 0 Å². The van der Waals surface area contributed by atoms with Crippen LogP contribution in [0.5, 0.6) is 0 Å². The highest BCUT2D eigenvalue weighted by Crippen LogP contribution is 2.37. The van der Waals surface area contributed by atoms with Crippen molar-refractivity contribution in [2.24, 2.45) is 17.8 Å². The summed E-state index contributed by atoms with van der Waals surface area (Å²) in [6, 6.07) is 1.98. The van der Waals surface area contributed by atoms with Gasteiger partial charge in [0.15, 0.2) is 11.4 Å². The molecule has 0 amide bonds. The lowest BCUT2D eigenvalue weighted by Crippen LogP contribution is -2.21. The fourth-order valence-electron chi connectivity index (χ4n) is 5.30. The zero-order chi connectivity index (χ0) is 24.7. The van der Waals surface area contributed by atoms with Gasteiger partial charge in [0.1, 0.15) is 11.5 Å². The molecule has 5 rings (SSSR count). The molecule has 0 aromatic carbocycles. The highest BCUT2D eigenvalue weighted by Gasteiger charge is 2.29. The molecule has 0 unspecified atom stereocenters. The predicted molar refractivity (Wildman–Crippen MR) is 130 cm³/mol. The second-order valence-electron chi connectivity index (χ2n) is 10.7. The van der Waals surface area contributed by atoms with Crippen LogP contribution in [0.4, 0.5) is 14.6 Å². The Kier molecular flexibility index (Phi) is 6.59. The van der Waals surface area contributed by atoms with Gasteiger partial charge in [-0.3, -0.25) is 9.48 Å². The van der Waals surface area contributed by atoms with Crippen molar-refractivity contribution in [3.63, 3.8) is 0 Å². The molecule has 2 aliphatic rings. The zero-order valence-corrected chi connectivity index (χ0v) is 20.7. The molecule has 0 aliphatic heterocycles. The van der Waals surface area contributed by atoms with Gasteiger partial charge in [-0.25, -0.2) is 18.3 Å². The van der Waals surface area contributed by atoms with E-state index in [1.165, 1.54) is 19.0 Å². The molecule has 0 spiro atoms. The molecule has 3 heterocycles. The minimum absolute atomic E-state index is 0.106. The number of ketones is 1. The summed E-state index contributed by atoms with van der Waals surface area (Å²) in [5.74, 6) is 2.51. The Labute approximate surface area is 204 Å². The summed E-state index contributed by atoms with van der Waals surface area (Å²) < 4.78 is 30.9. The smallest absolute Gasteiger partial charge is 0.282 e. The maximum Gasteiger partial charge on any atom is 0.282 e. The van der Waals surface area contributed by atoms with Gasteiger partial charge < -0.3 is 4.90 Å². The van der Waals surface area contributed by atoms with Crippen LogP contribution in [-0.4, -0.2) is 43.8 Å². The summed E-state index contributed by atoms with van der Waals surface area (Å²) in [4.78, 5) is 20.0. The van der Waals surface area contributed by atoms with Gasteiger partial charge in [0.2, 0.25) is 0 Å². The number of alkyl halides is 2. The van der Waals surface area contributed by atoms with E-state index in [0.717, 1.165) is 38.0 Å². The van der Waals surface area contributed by atoms with Crippen LogP contribution >= 0.6 is 0 Å². The second kappa shape index (κ2) is 9.66. The largest absolute Gasteiger partial charge is 0.359 e. The summed E-state index contributed by atoms with van der Waals surface area (Å²) in [7, 11) is 1.99. The molecule has 35 heavy (non-hydrogen) atoms. The lowest BCUT2D eigenvalue weighted by molar-refractivity contribution is 0.0992. The van der Waals surface area contributed by atoms with Crippen LogP contribution in [-0.2, 0) is 6.42 Å². The first-order chi connectivity index (χ1) is 16.8. The van der Waals surface area contributed by atoms with Crippen molar-refractivity contribution in [1.29, 1.82) is 0 Å². The lowest BCUT2D eigenvalue weighted by atomic mass is 9.80. The van der Waals surface area contributed by atoms with E-state index in [9.17, 15) is 13.6 Å². The first-order valence-corrected chi connectivity index (χ1v) is 12.7. The van der Waals surface area contributed by atoms with Crippen molar-refractivity contribution in [2.75, 3.05) is 18.5 Å². The third-order valence-corrected chi connectivity index (χ3v) is 7.73. The molecule has 2 saturated carbocycles. The Morgan fingerprint density at radius 1 is 1.17 bits per heavy atom. The number of Topliss-reactive ketones (excluding diaryl/α,β-unsaturated/α-hetero) is 1. The fraction of sp³-hybridized carbons (Fsp3) is 0.615. The van der Waals surface area contributed by atoms with Gasteiger partial charge in [-0.1, -0.05) is 13.8 Å². The number of rotatable bonds is 9. The summed E-state index contributed by atoms with van der Waals surface area (Å²) >= 11 is 0. The van der Waals surface area contributed by atoms with Gasteiger partial charge in [0, 0.05) is 38.0 Å². The average Bonchev–Trinajstić information content (AvgIpc) is 3.39. The van der Waals surface area contributed by atoms with Gasteiger partial charge in [-0.05, 0) is 62.3 Å². The Hall–Kier alpha value is -2.84. The number of carbonyl (C=O) groups excluding carboxylic acids is 1. The molecular weight excluding hydrogens is 450 g/mol. The Balaban J connectivity index is 1.35. The van der Waals surface area contributed by atoms with Gasteiger partial charge >= 0.3 is 0 Å². The highest BCUT2D eigenvalue weighted by molar-refractivity contribution is 6.02. The number of hydrogen-bond acceptors (Lipinski definition) is 5. The summed E-state index contributed by atoms with van der Waals surface area (Å²) in [5, 5.41) is 8.50. The van der Waals surface area contributed by atoms with Crippen LogP contribution in [0.25, 0.3) is 5.65 Å². The third-order valence-electron chi connectivity index (χ3n) is 7.73. The van der Waals surface area contributed by atoms with E-state index in [1.807, 2.05) is 13.1 Å². The van der Waals surface area contributed by atoms with E-state index in [2.05, 4.69) is 33.9 Å². The quantitative estimate of drug-likeness (QED) is 0.374. The van der Waals surface area contributed by atoms with E-state index in [4.69, 9.17) is 0 Å². The van der Waals surface area contributed by atoms with E-state index in [-0.39, 0.29) is 29.5 Å². The first-order valence-electron chi connectivity index (χ1n) is 12.7. The molecule has 9 heteroatoms. The third kappa shape index (κ3) is 5.09. The number of hydrogen-bond donors (Lipinski definition) is 0. The molecule has 188 valence electrons. The standard InChI is InChI=1S/C26H34F2N6O/c1-16(2)18-6-8-20(9-7-18)34-15-19(24(31-34)25(27)28)12-22(35)21-13-29-33-11-10-23(30-26(21)33)32(3)14-17-4-5-17/h10-11,13,15-18,20,25H,4-9,12,14H2,1-3H3. The van der Waals surface area contributed by atoms with Gasteiger partial charge in [-0.2, -0.15) is 10.2 Å². The normalized spacial score (nSPS) is 20.8. The van der Waals surface area contributed by atoms with E-state index in [0.29, 0.717) is 29.0 Å². The molecule has 3 aromatic heterocycles. The van der Waals surface area contributed by atoms with Crippen LogP contribution in [0.1, 0.15) is 86.5 Å². The van der Waals surface area contributed by atoms with Crippen LogP contribution in [0.3, 0.4) is 0 Å². The summed E-state index contributed by atoms with van der Waals surface area (Å²) in [6.45, 7) is 5.40. The average molecular weight is 485 g/mol. The number of nitrogens with zero attached hydrogens (tertiary/aromatic N) is 6. The van der Waals surface area contributed by atoms with Crippen LogP contribution < -0.4 is 4.90 Å². The lowest BCUT2D eigenvalue weighted by Gasteiger charge is -2.30. The SMILES string of the molecule is CC(C)C1CCC(n2cc(CC(=O)c3cnn4ccc(N(C)CC5CC5)nc34)c(C(F)F)n2)CC1. The molecular formula is C26H34F2N6O. The van der Waals surface area contributed by atoms with Crippen molar-refractivity contribution in [2.45, 2.75) is 71.3 Å². The monoisotopic (exact) mass is 484 g/mol. The van der Waals surface area contributed by atoms with Gasteiger partial charge in [0.25, 0.3) is 6.43 Å². The number of aromatic nitrogens is 5. The molecule has 0 radical (unpaired) electrons. The Bertz CT molecular complexity index is 1190. The molecule has 2 fully saturated rings. The summed E-state index contributed by atoms with van der Waals surface area (Å²) in [6.07, 6.45) is 8.53. The second-order valence-corrected chi connectivity index (χ2v) is 10.7. The molecule has 0 atom stereocenters. The molecule has 0 N–H and O–H groups in total. The zero-order valence-electron chi connectivity index (χ0n) is 20.7. The molecule has 2 aliphatic carbocycles. The Morgan fingerprint density at radius 2 is 1.91 bits per heavy atom. The first kappa shape index (κ1) is 23.9. The van der Waals surface area contributed by atoms with Gasteiger partial charge in [0.05, 0.1) is 17.8 Å². The van der Waals surface area contributed by atoms with E-state index in [1.54, 1.807) is 21.6 Å².